The van der Waals surface area contributed by atoms with Crippen LogP contribution in [0.2, 0.25) is 0 Å². The quantitative estimate of drug-likeness (QED) is 0.409. The molecule has 1 N–H and O–H groups in total. The maximum absolute atomic E-state index is 11.1. The maximum atomic E-state index is 11.1. The van der Waals surface area contributed by atoms with E-state index in [4.69, 9.17) is 4.74 Å². The van der Waals surface area contributed by atoms with Gasteiger partial charge in [-0.25, -0.2) is 0 Å². The van der Waals surface area contributed by atoms with Gasteiger partial charge in [0.05, 0.1) is 5.69 Å². The molecule has 0 spiro atoms. The zero-order chi connectivity index (χ0) is 13.1. The van der Waals surface area contributed by atoms with Gasteiger partial charge in [0.2, 0.25) is 5.78 Å². The van der Waals surface area contributed by atoms with Gasteiger partial charge in [0, 0.05) is 25.8 Å². The maximum Gasteiger partial charge on any atom is 0.205 e. The summed E-state index contributed by atoms with van der Waals surface area (Å²) in [5, 5.41) is 10.2. The van der Waals surface area contributed by atoms with Crippen molar-refractivity contribution >= 4 is 5.78 Å². The molecule has 0 aliphatic heterocycles. The van der Waals surface area contributed by atoms with Crippen molar-refractivity contribution in [3.63, 3.8) is 0 Å². The molecule has 0 saturated heterocycles. The van der Waals surface area contributed by atoms with Crippen LogP contribution >= 0.6 is 0 Å². The highest BCUT2D eigenvalue weighted by atomic mass is 16.5. The van der Waals surface area contributed by atoms with E-state index in [1.807, 2.05) is 0 Å². The van der Waals surface area contributed by atoms with E-state index in [1.54, 1.807) is 13.1 Å². The second-order valence-corrected chi connectivity index (χ2v) is 3.94. The molecule has 1 aromatic heterocycles. The molecule has 0 atom stereocenters. The summed E-state index contributed by atoms with van der Waals surface area (Å²) in [6, 6.07) is 0. The van der Waals surface area contributed by atoms with Crippen LogP contribution in [0.4, 0.5) is 0 Å². The number of ketones is 1. The molecule has 1 heterocycles. The second kappa shape index (κ2) is 9.37. The molecule has 5 heteroatoms. The predicted octanol–water partition coefficient (Wildman–Crippen LogP) is 1.52. The molecule has 5 nitrogen and oxygen atoms in total. The van der Waals surface area contributed by atoms with Crippen LogP contribution < -0.4 is 0 Å². The number of hydrogen-bond acceptors (Lipinski definition) is 4. The Kier molecular flexibility index (Phi) is 7.49. The number of hydrogen-bond donors (Lipinski definition) is 1. The van der Waals surface area contributed by atoms with E-state index in [0.29, 0.717) is 13.0 Å². The van der Waals surface area contributed by atoms with Crippen LogP contribution in [0.25, 0.3) is 0 Å². The van der Waals surface area contributed by atoms with E-state index in [0.717, 1.165) is 38.0 Å². The Morgan fingerprint density at radius 2 is 2.22 bits per heavy atom. The highest BCUT2D eigenvalue weighted by Gasteiger charge is 1.98. The fraction of sp³-hybridized carbons (Fsp3) is 0.615. The topological polar surface area (TPSA) is 67.9 Å². The lowest BCUT2D eigenvalue weighted by atomic mass is 10.2. The normalized spacial score (nSPS) is 9.83. The predicted molar refractivity (Wildman–Crippen MR) is 67.8 cm³/mol. The summed E-state index contributed by atoms with van der Waals surface area (Å²) in [6.07, 6.45) is 5.88. The van der Waals surface area contributed by atoms with Crippen molar-refractivity contribution in [1.29, 1.82) is 0 Å². The molecule has 1 aromatic rings. The summed E-state index contributed by atoms with van der Waals surface area (Å²) >= 11 is 0. The van der Waals surface area contributed by atoms with Gasteiger partial charge in [-0.15, -0.1) is 5.10 Å². The monoisotopic (exact) mass is 249 g/mol. The molecule has 0 radical (unpaired) electrons. The van der Waals surface area contributed by atoms with Crippen molar-refractivity contribution in [3.8, 4) is 11.8 Å². The summed E-state index contributed by atoms with van der Waals surface area (Å²) in [7, 11) is 0. The third-order valence-corrected chi connectivity index (χ3v) is 2.40. The van der Waals surface area contributed by atoms with Crippen molar-refractivity contribution in [2.75, 3.05) is 13.2 Å². The molecule has 98 valence electrons. The summed E-state index contributed by atoms with van der Waals surface area (Å²) in [5.41, 5.74) is 0.960. The number of aromatic nitrogens is 3. The van der Waals surface area contributed by atoms with Gasteiger partial charge in [0.25, 0.3) is 0 Å². The van der Waals surface area contributed by atoms with Crippen molar-refractivity contribution in [1.82, 2.24) is 15.4 Å². The van der Waals surface area contributed by atoms with Crippen LogP contribution in [0, 0.1) is 11.8 Å². The van der Waals surface area contributed by atoms with E-state index >= 15 is 0 Å². The number of ether oxygens (including phenoxy) is 1. The van der Waals surface area contributed by atoms with E-state index in [2.05, 4.69) is 27.3 Å². The van der Waals surface area contributed by atoms with Gasteiger partial charge >= 0.3 is 0 Å². The number of aromatic amines is 1. The largest absolute Gasteiger partial charge is 0.381 e. The number of nitrogens with zero attached hydrogens (tertiary/aromatic N) is 2. The molecule has 1 rings (SSSR count). The Hall–Kier alpha value is -1.67. The molecule has 0 aliphatic rings. The van der Waals surface area contributed by atoms with Gasteiger partial charge in [-0.05, 0) is 38.5 Å². The second-order valence-electron chi connectivity index (χ2n) is 3.94. The van der Waals surface area contributed by atoms with Gasteiger partial charge < -0.3 is 4.74 Å². The first-order chi connectivity index (χ1) is 8.83. The Morgan fingerprint density at radius 1 is 1.39 bits per heavy atom. The molecule has 0 aliphatic carbocycles. The van der Waals surface area contributed by atoms with Crippen molar-refractivity contribution in [3.05, 3.63) is 11.9 Å². The Balaban J connectivity index is 1.86. The summed E-state index contributed by atoms with van der Waals surface area (Å²) in [5.74, 6) is 5.15. The number of carbonyl (C=O) groups excluding carboxylic acids is 1. The van der Waals surface area contributed by atoms with Crippen LogP contribution in [0.15, 0.2) is 6.20 Å². The average Bonchev–Trinajstić information content (AvgIpc) is 2.86. The minimum atomic E-state index is 0.0172. The summed E-state index contributed by atoms with van der Waals surface area (Å²) in [4.78, 5) is 11.1. The summed E-state index contributed by atoms with van der Waals surface area (Å²) in [6.45, 7) is 3.09. The minimum Gasteiger partial charge on any atom is -0.381 e. The Bertz CT molecular complexity index is 390. The van der Waals surface area contributed by atoms with Gasteiger partial charge in [-0.3, -0.25) is 9.89 Å². The highest BCUT2D eigenvalue weighted by molar-refractivity contribution is 5.95. The van der Waals surface area contributed by atoms with E-state index in [-0.39, 0.29) is 5.78 Å². The van der Waals surface area contributed by atoms with Crippen LogP contribution in [0.1, 0.15) is 38.3 Å². The minimum absolute atomic E-state index is 0.0172. The van der Waals surface area contributed by atoms with Crippen molar-refractivity contribution in [2.24, 2.45) is 0 Å². The molecular weight excluding hydrogens is 230 g/mol. The molecule has 0 amide bonds. The lowest BCUT2D eigenvalue weighted by molar-refractivity contribution is -0.113. The van der Waals surface area contributed by atoms with E-state index in [1.165, 1.54) is 0 Å². The van der Waals surface area contributed by atoms with E-state index < -0.39 is 0 Å². The Labute approximate surface area is 107 Å². The lowest BCUT2D eigenvalue weighted by Crippen LogP contribution is -2.00. The molecule has 0 saturated carbocycles. The summed E-state index contributed by atoms with van der Waals surface area (Å²) < 4.78 is 5.47. The Morgan fingerprint density at radius 3 is 2.94 bits per heavy atom. The number of nitrogens with one attached hydrogen (secondary N) is 1. The third kappa shape index (κ3) is 6.81. The van der Waals surface area contributed by atoms with Gasteiger partial charge in [-0.1, -0.05) is 11.1 Å². The number of rotatable bonds is 9. The van der Waals surface area contributed by atoms with Gasteiger partial charge in [-0.2, -0.15) is 0 Å². The molecule has 18 heavy (non-hydrogen) atoms. The third-order valence-electron chi connectivity index (χ3n) is 2.40. The van der Waals surface area contributed by atoms with Crippen LogP contribution in [0.5, 0.6) is 0 Å². The zero-order valence-corrected chi connectivity index (χ0v) is 10.7. The molecule has 0 bridgehead atoms. The molecular formula is C13H19N3O2. The number of aryl methyl sites for hydroxylation is 1. The molecule has 0 fully saturated rings. The molecule has 0 aromatic carbocycles. The zero-order valence-electron chi connectivity index (χ0n) is 10.7. The van der Waals surface area contributed by atoms with Crippen LogP contribution in [0.3, 0.4) is 0 Å². The number of carbonyl (C=O) groups is 1. The van der Waals surface area contributed by atoms with Crippen LogP contribution in [-0.4, -0.2) is 34.4 Å². The number of H-pyrrole nitrogens is 1. The highest BCUT2D eigenvalue weighted by Crippen LogP contribution is 1.99. The van der Waals surface area contributed by atoms with Crippen molar-refractivity contribution < 1.29 is 9.53 Å². The number of Topliss-reactive ketones (excluding diaryl/α,β-unsaturated/α-hetero) is 1. The first kappa shape index (κ1) is 14.4. The fourth-order valence-electron chi connectivity index (χ4n) is 1.50. The first-order valence-electron chi connectivity index (χ1n) is 6.21. The van der Waals surface area contributed by atoms with Gasteiger partial charge in [0.1, 0.15) is 0 Å². The standard InChI is InChI=1S/C13H19N3O2/c1-2-6-13(17)8-3-4-9-18-10-5-7-12-11-14-16-15-12/h11H,3-5,7-10H2,1H3,(H,14,15,16). The smallest absolute Gasteiger partial charge is 0.205 e. The number of unbranched alkanes of at least 4 members (excludes halogenated alkanes) is 1. The lowest BCUT2D eigenvalue weighted by Gasteiger charge is -2.02. The first-order valence-corrected chi connectivity index (χ1v) is 6.21. The molecule has 0 unspecified atom stereocenters. The van der Waals surface area contributed by atoms with E-state index in [9.17, 15) is 4.79 Å². The van der Waals surface area contributed by atoms with Crippen LogP contribution in [-0.2, 0) is 16.0 Å². The van der Waals surface area contributed by atoms with Crippen molar-refractivity contribution in [2.45, 2.75) is 39.0 Å². The van der Waals surface area contributed by atoms with Gasteiger partial charge in [0.15, 0.2) is 0 Å². The average molecular weight is 249 g/mol. The fourth-order valence-corrected chi connectivity index (χ4v) is 1.50. The SMILES string of the molecule is CC#CC(=O)CCCCOCCCc1c[nH]nn1.